The fourth-order valence-electron chi connectivity index (χ4n) is 6.96. The Morgan fingerprint density at radius 3 is 1.90 bits per heavy atom. The Morgan fingerprint density at radius 1 is 0.500 bits per heavy atom. The zero-order valence-corrected chi connectivity index (χ0v) is 26.4. The summed E-state index contributed by atoms with van der Waals surface area (Å²) in [6.07, 6.45) is 3.78. The molecule has 0 bridgehead atoms. The van der Waals surface area contributed by atoms with Gasteiger partial charge in [-0.25, -0.2) is 9.97 Å². The minimum absolute atomic E-state index is 0.705. The van der Waals surface area contributed by atoms with E-state index < -0.39 is 0 Å². The first-order valence-corrected chi connectivity index (χ1v) is 16.7. The van der Waals surface area contributed by atoms with Crippen LogP contribution in [0.2, 0.25) is 0 Å². The third-order valence-corrected chi connectivity index (χ3v) is 10.3. The average Bonchev–Trinajstić information content (AvgIpc) is 3.72. The maximum absolute atomic E-state index is 5.06. The van der Waals surface area contributed by atoms with E-state index in [0.29, 0.717) is 5.82 Å². The minimum atomic E-state index is 0.705. The zero-order chi connectivity index (χ0) is 31.6. The van der Waals surface area contributed by atoms with Crippen molar-refractivity contribution in [2.75, 3.05) is 0 Å². The van der Waals surface area contributed by atoms with E-state index in [1.807, 2.05) is 72.3 Å². The van der Waals surface area contributed by atoms with Gasteiger partial charge in [0, 0.05) is 61.0 Å². The largest absolute Gasteiger partial charge is 0.307 e. The molecule has 0 atom stereocenters. The standard InChI is InChI=1S/C42H25N5S/c1-3-11-26(12-4-1)32-25-33(46-42(45-32)28-13-5-2-6-14-28)27-19-21-29(22-20-27)47-34-17-10-24-44-39(34)36-31-16-9-23-43-38(31)41-37(40(36)47)30-15-7-8-18-35(30)48-41/h1-25H. The number of pyridine rings is 2. The van der Waals surface area contributed by atoms with Gasteiger partial charge < -0.3 is 4.57 Å². The van der Waals surface area contributed by atoms with E-state index in [-0.39, 0.29) is 0 Å². The number of hydrogen-bond acceptors (Lipinski definition) is 5. The van der Waals surface area contributed by atoms with Crippen LogP contribution in [0, 0.1) is 0 Å². The molecule has 0 aliphatic rings. The van der Waals surface area contributed by atoms with Crippen molar-refractivity contribution >= 4 is 64.3 Å². The summed E-state index contributed by atoms with van der Waals surface area (Å²) in [4.78, 5) is 19.9. The van der Waals surface area contributed by atoms with Gasteiger partial charge in [0.1, 0.15) is 0 Å². The van der Waals surface area contributed by atoms with E-state index in [1.165, 1.54) is 20.2 Å². The molecule has 10 rings (SSSR count). The third-order valence-electron chi connectivity index (χ3n) is 9.10. The molecule has 0 spiro atoms. The Hall–Kier alpha value is -6.24. The van der Waals surface area contributed by atoms with Crippen molar-refractivity contribution in [3.05, 3.63) is 152 Å². The Labute approximate surface area is 279 Å². The molecule has 48 heavy (non-hydrogen) atoms. The van der Waals surface area contributed by atoms with Gasteiger partial charge in [-0.3, -0.25) is 9.97 Å². The first-order valence-electron chi connectivity index (χ1n) is 15.9. The molecule has 10 aromatic rings. The van der Waals surface area contributed by atoms with Crippen molar-refractivity contribution in [2.24, 2.45) is 0 Å². The summed E-state index contributed by atoms with van der Waals surface area (Å²) in [6, 6.07) is 48.3. The molecule has 0 radical (unpaired) electrons. The predicted octanol–water partition coefficient (Wildman–Crippen LogP) is 10.9. The first kappa shape index (κ1) is 26.9. The number of aromatic nitrogens is 5. The van der Waals surface area contributed by atoms with Crippen LogP contribution in [0.4, 0.5) is 0 Å². The third kappa shape index (κ3) is 4.10. The second-order valence-corrected chi connectivity index (χ2v) is 12.9. The van der Waals surface area contributed by atoms with Crippen molar-refractivity contribution in [1.82, 2.24) is 24.5 Å². The van der Waals surface area contributed by atoms with Crippen LogP contribution in [0.3, 0.4) is 0 Å². The van der Waals surface area contributed by atoms with Gasteiger partial charge in [-0.15, -0.1) is 11.3 Å². The van der Waals surface area contributed by atoms with Gasteiger partial charge in [-0.05, 0) is 42.5 Å². The molecule has 5 heterocycles. The Bertz CT molecular complexity index is 2760. The topological polar surface area (TPSA) is 56.5 Å². The lowest BCUT2D eigenvalue weighted by Gasteiger charge is -2.12. The molecular formula is C42H25N5S. The highest BCUT2D eigenvalue weighted by Crippen LogP contribution is 2.46. The summed E-state index contributed by atoms with van der Waals surface area (Å²) in [5.41, 5.74) is 10.1. The number of thiophene rings is 1. The van der Waals surface area contributed by atoms with Crippen LogP contribution in [0.5, 0.6) is 0 Å². The quantitative estimate of drug-likeness (QED) is 0.194. The molecule has 0 saturated heterocycles. The molecule has 6 heteroatoms. The molecule has 0 aliphatic heterocycles. The van der Waals surface area contributed by atoms with Crippen molar-refractivity contribution in [1.29, 1.82) is 0 Å². The highest BCUT2D eigenvalue weighted by atomic mass is 32.1. The molecule has 0 unspecified atom stereocenters. The Kier molecular flexibility index (Phi) is 5.98. The van der Waals surface area contributed by atoms with Crippen LogP contribution in [-0.2, 0) is 0 Å². The molecule has 224 valence electrons. The number of benzene rings is 5. The summed E-state index contributed by atoms with van der Waals surface area (Å²) < 4.78 is 4.82. The zero-order valence-electron chi connectivity index (χ0n) is 25.6. The van der Waals surface area contributed by atoms with Gasteiger partial charge >= 0.3 is 0 Å². The summed E-state index contributed by atoms with van der Waals surface area (Å²) in [5, 5.41) is 4.70. The van der Waals surface area contributed by atoms with Crippen molar-refractivity contribution in [3.63, 3.8) is 0 Å². The normalized spacial score (nSPS) is 11.8. The number of rotatable bonds is 4. The van der Waals surface area contributed by atoms with Crippen LogP contribution in [-0.4, -0.2) is 24.5 Å². The van der Waals surface area contributed by atoms with Crippen LogP contribution in [0.25, 0.3) is 92.6 Å². The van der Waals surface area contributed by atoms with Gasteiger partial charge in [-0.1, -0.05) is 97.1 Å². The number of fused-ring (bicyclic) bond motifs is 10. The van der Waals surface area contributed by atoms with E-state index in [0.717, 1.165) is 66.6 Å². The maximum Gasteiger partial charge on any atom is 0.160 e. The highest BCUT2D eigenvalue weighted by Gasteiger charge is 2.23. The van der Waals surface area contributed by atoms with E-state index in [9.17, 15) is 0 Å². The van der Waals surface area contributed by atoms with Crippen molar-refractivity contribution in [3.8, 4) is 39.6 Å². The fraction of sp³-hybridized carbons (Fsp3) is 0. The highest BCUT2D eigenvalue weighted by molar-refractivity contribution is 7.26. The lowest BCUT2D eigenvalue weighted by Crippen LogP contribution is -1.97. The number of hydrogen-bond donors (Lipinski definition) is 0. The van der Waals surface area contributed by atoms with E-state index in [2.05, 4.69) is 95.6 Å². The minimum Gasteiger partial charge on any atom is -0.307 e. The van der Waals surface area contributed by atoms with Crippen LogP contribution in [0.1, 0.15) is 0 Å². The second kappa shape index (κ2) is 10.7. The van der Waals surface area contributed by atoms with Crippen molar-refractivity contribution < 1.29 is 0 Å². The van der Waals surface area contributed by atoms with Gasteiger partial charge in [0.2, 0.25) is 0 Å². The summed E-state index contributed by atoms with van der Waals surface area (Å²) in [6.45, 7) is 0. The fourth-order valence-corrected chi connectivity index (χ4v) is 8.17. The van der Waals surface area contributed by atoms with Gasteiger partial charge in [0.05, 0.1) is 38.2 Å². The maximum atomic E-state index is 5.06. The average molecular weight is 632 g/mol. The molecule has 0 N–H and O–H groups in total. The smallest absolute Gasteiger partial charge is 0.160 e. The SMILES string of the molecule is c1ccc(-c2cc(-c3ccc(-n4c5cccnc5c5c6cccnc6c6sc7ccccc7c6c54)cc3)nc(-c3ccccc3)n2)cc1. The van der Waals surface area contributed by atoms with Crippen LogP contribution >= 0.6 is 11.3 Å². The Balaban J connectivity index is 1.22. The molecule has 0 aliphatic carbocycles. The molecule has 5 nitrogen and oxygen atoms in total. The lowest BCUT2D eigenvalue weighted by molar-refractivity contribution is 1.17. The molecule has 0 saturated carbocycles. The van der Waals surface area contributed by atoms with Gasteiger partial charge in [0.15, 0.2) is 5.82 Å². The summed E-state index contributed by atoms with van der Waals surface area (Å²) >= 11 is 1.81. The molecule has 5 aromatic heterocycles. The number of nitrogens with zero attached hydrogens (tertiary/aromatic N) is 5. The van der Waals surface area contributed by atoms with Crippen LogP contribution in [0.15, 0.2) is 152 Å². The van der Waals surface area contributed by atoms with Gasteiger partial charge in [-0.2, -0.15) is 0 Å². The van der Waals surface area contributed by atoms with Crippen molar-refractivity contribution in [2.45, 2.75) is 0 Å². The van der Waals surface area contributed by atoms with E-state index in [4.69, 9.17) is 19.9 Å². The Morgan fingerprint density at radius 2 is 1.12 bits per heavy atom. The first-order chi connectivity index (χ1) is 23.8. The molecule has 0 amide bonds. The van der Waals surface area contributed by atoms with Crippen LogP contribution < -0.4 is 0 Å². The molecule has 0 fully saturated rings. The summed E-state index contributed by atoms with van der Waals surface area (Å²) in [5.74, 6) is 0.705. The monoisotopic (exact) mass is 631 g/mol. The second-order valence-electron chi connectivity index (χ2n) is 11.9. The predicted molar refractivity (Wildman–Crippen MR) is 199 cm³/mol. The van der Waals surface area contributed by atoms with E-state index >= 15 is 0 Å². The van der Waals surface area contributed by atoms with E-state index in [1.54, 1.807) is 0 Å². The summed E-state index contributed by atoms with van der Waals surface area (Å²) in [7, 11) is 0. The molecular weight excluding hydrogens is 607 g/mol. The van der Waals surface area contributed by atoms with Gasteiger partial charge in [0.25, 0.3) is 0 Å². The molecule has 5 aromatic carbocycles. The lowest BCUT2D eigenvalue weighted by atomic mass is 10.0.